The Morgan fingerprint density at radius 1 is 0.941 bits per heavy atom. The van der Waals surface area contributed by atoms with Crippen LogP contribution < -0.4 is 0 Å². The van der Waals surface area contributed by atoms with Crippen LogP contribution in [0.2, 0.25) is 18.1 Å². The molecule has 0 bridgehead atoms. The molecule has 2 rings (SSSR count). The zero-order valence-corrected chi connectivity index (χ0v) is 22.2. The second-order valence-electron chi connectivity index (χ2n) is 9.74. The van der Waals surface area contributed by atoms with Crippen molar-refractivity contribution >= 4 is 26.2 Å². The minimum absolute atomic E-state index is 0.140. The van der Waals surface area contributed by atoms with E-state index in [-0.39, 0.29) is 11.6 Å². The van der Waals surface area contributed by atoms with Crippen LogP contribution in [0.4, 0.5) is 0 Å². The smallest absolute Gasteiger partial charge is 0.337 e. The Labute approximate surface area is 202 Å². The number of hydrogen-bond acceptors (Lipinski definition) is 9. The molecule has 0 saturated carbocycles. The Kier molecular flexibility index (Phi) is 9.41. The number of ether oxygens (including phenoxy) is 5. The van der Waals surface area contributed by atoms with Crippen molar-refractivity contribution in [1.29, 1.82) is 0 Å². The molecule has 0 spiro atoms. The Morgan fingerprint density at radius 2 is 1.53 bits per heavy atom. The first-order valence-electron chi connectivity index (χ1n) is 11.2. The van der Waals surface area contributed by atoms with Crippen molar-refractivity contribution in [2.75, 3.05) is 7.11 Å². The lowest BCUT2D eigenvalue weighted by molar-refractivity contribution is -0.295. The maximum atomic E-state index is 12.8. The van der Waals surface area contributed by atoms with E-state index < -0.39 is 56.9 Å². The highest BCUT2D eigenvalue weighted by Crippen LogP contribution is 2.40. The molecule has 1 unspecified atom stereocenters. The number of esters is 3. The molecule has 1 fully saturated rings. The molecule has 0 amide bonds. The van der Waals surface area contributed by atoms with E-state index in [1.807, 2.05) is 43.4 Å². The highest BCUT2D eigenvalue weighted by Gasteiger charge is 2.56. The molecule has 1 aromatic rings. The van der Waals surface area contributed by atoms with Gasteiger partial charge in [-0.15, -0.1) is 0 Å². The molecular weight excluding hydrogens is 460 g/mol. The fraction of sp³-hybridized carbons (Fsp3) is 0.625. The lowest BCUT2D eigenvalue weighted by Crippen LogP contribution is -2.65. The predicted octanol–water partition coefficient (Wildman–Crippen LogP) is 3.35. The number of rotatable bonds is 8. The summed E-state index contributed by atoms with van der Waals surface area (Å²) < 4.78 is 34.4. The quantitative estimate of drug-likeness (QED) is 0.304. The molecule has 0 aliphatic carbocycles. The van der Waals surface area contributed by atoms with Gasteiger partial charge in [-0.25, -0.2) is 4.79 Å². The Morgan fingerprint density at radius 3 is 2.03 bits per heavy atom. The van der Waals surface area contributed by atoms with Gasteiger partial charge in [-0.2, -0.15) is 0 Å². The predicted molar refractivity (Wildman–Crippen MR) is 125 cm³/mol. The zero-order valence-electron chi connectivity index (χ0n) is 21.2. The summed E-state index contributed by atoms with van der Waals surface area (Å²) in [6.07, 6.45) is -5.78. The van der Waals surface area contributed by atoms with Crippen LogP contribution >= 0.6 is 0 Å². The van der Waals surface area contributed by atoms with Gasteiger partial charge in [0.05, 0.1) is 13.7 Å². The van der Waals surface area contributed by atoms with Crippen molar-refractivity contribution < 1.29 is 42.5 Å². The maximum absolute atomic E-state index is 12.8. The normalized spacial score (nSPS) is 25.4. The molecule has 1 heterocycles. The number of methoxy groups -OCH3 is 1. The molecule has 1 aromatic carbocycles. The topological polar surface area (TPSA) is 107 Å². The number of carbonyl (C=O) groups excluding carboxylic acids is 3. The third kappa shape index (κ3) is 7.11. The minimum atomic E-state index is -2.48. The lowest BCUT2D eigenvalue weighted by atomic mass is 9.98. The first kappa shape index (κ1) is 28.0. The third-order valence-electron chi connectivity index (χ3n) is 6.03. The molecule has 1 aliphatic rings. The van der Waals surface area contributed by atoms with Crippen molar-refractivity contribution in [1.82, 2.24) is 0 Å². The van der Waals surface area contributed by atoms with Crippen molar-refractivity contribution in [2.24, 2.45) is 0 Å². The molecule has 9 nitrogen and oxygen atoms in total. The monoisotopic (exact) mass is 496 g/mol. The molecule has 0 radical (unpaired) electrons. The summed E-state index contributed by atoms with van der Waals surface area (Å²) in [6.45, 7) is 12.8. The van der Waals surface area contributed by atoms with Crippen LogP contribution in [0.5, 0.6) is 0 Å². The van der Waals surface area contributed by atoms with Crippen LogP contribution in [0.25, 0.3) is 0 Å². The van der Waals surface area contributed by atoms with Crippen LogP contribution in [0.3, 0.4) is 0 Å². The molecule has 0 aromatic heterocycles. The lowest BCUT2D eigenvalue weighted by Gasteiger charge is -2.48. The van der Waals surface area contributed by atoms with Crippen molar-refractivity contribution in [3.63, 3.8) is 0 Å². The Bertz CT molecular complexity index is 850. The van der Waals surface area contributed by atoms with E-state index in [9.17, 15) is 14.4 Å². The van der Waals surface area contributed by atoms with Crippen LogP contribution in [-0.4, -0.2) is 64.0 Å². The van der Waals surface area contributed by atoms with E-state index in [1.165, 1.54) is 21.0 Å². The molecule has 5 atom stereocenters. The van der Waals surface area contributed by atoms with Gasteiger partial charge in [0.1, 0.15) is 12.2 Å². The fourth-order valence-corrected chi connectivity index (χ4v) is 4.59. The SMILES string of the molecule is COC(=O)[C@@H]1OC(OC(C)=O)[C@H](OC(C)=O)[C@@H](OCc2ccccc2)[C@@H]1O[Si](C)(C)C(C)(C)C. The Hall–Kier alpha value is -2.27. The zero-order chi connectivity index (χ0) is 25.7. The van der Waals surface area contributed by atoms with E-state index in [4.69, 9.17) is 28.1 Å². The largest absolute Gasteiger partial charge is 0.467 e. The average Bonchev–Trinajstić information content (AvgIpc) is 2.73. The molecule has 10 heteroatoms. The van der Waals surface area contributed by atoms with Gasteiger partial charge < -0.3 is 28.1 Å². The first-order valence-corrected chi connectivity index (χ1v) is 14.1. The van der Waals surface area contributed by atoms with E-state index >= 15 is 0 Å². The van der Waals surface area contributed by atoms with E-state index in [2.05, 4.69) is 20.8 Å². The van der Waals surface area contributed by atoms with Crippen molar-refractivity contribution in [3.8, 4) is 0 Å². The summed E-state index contributed by atoms with van der Waals surface area (Å²) in [7, 11) is -1.25. The first-order chi connectivity index (χ1) is 15.8. The van der Waals surface area contributed by atoms with Gasteiger partial charge in [0.25, 0.3) is 0 Å². The van der Waals surface area contributed by atoms with E-state index in [1.54, 1.807) is 0 Å². The average molecular weight is 497 g/mol. The summed E-state index contributed by atoms with van der Waals surface area (Å²) in [4.78, 5) is 36.6. The molecule has 1 saturated heterocycles. The maximum Gasteiger partial charge on any atom is 0.337 e. The number of benzene rings is 1. The van der Waals surface area contributed by atoms with Crippen LogP contribution in [-0.2, 0) is 49.1 Å². The van der Waals surface area contributed by atoms with Gasteiger partial charge in [-0.1, -0.05) is 51.1 Å². The molecule has 0 N–H and O–H groups in total. The van der Waals surface area contributed by atoms with E-state index in [0.717, 1.165) is 5.56 Å². The van der Waals surface area contributed by atoms with Crippen LogP contribution in [0.15, 0.2) is 30.3 Å². The molecule has 34 heavy (non-hydrogen) atoms. The summed E-state index contributed by atoms with van der Waals surface area (Å²) in [5, 5.41) is -0.207. The van der Waals surface area contributed by atoms with Gasteiger partial charge in [0, 0.05) is 13.8 Å². The van der Waals surface area contributed by atoms with Crippen LogP contribution in [0.1, 0.15) is 40.2 Å². The molecule has 1 aliphatic heterocycles. The van der Waals surface area contributed by atoms with Gasteiger partial charge in [-0.3, -0.25) is 9.59 Å². The van der Waals surface area contributed by atoms with Crippen molar-refractivity contribution in [3.05, 3.63) is 35.9 Å². The number of carbonyl (C=O) groups is 3. The highest BCUT2D eigenvalue weighted by atomic mass is 28.4. The second-order valence-corrected chi connectivity index (χ2v) is 14.5. The van der Waals surface area contributed by atoms with Gasteiger partial charge in [0.2, 0.25) is 6.29 Å². The number of hydrogen-bond donors (Lipinski definition) is 0. The standard InChI is InChI=1S/C24H36O9Si/c1-15(25)30-21-18(29-14-17-12-10-9-11-13-17)19(33-34(7,8)24(3,4)5)20(22(27)28-6)32-23(21)31-16(2)26/h9-13,18-21,23H,14H2,1-8H3/t18-,19-,20+,21+,23?/m0/s1. The summed E-state index contributed by atoms with van der Waals surface area (Å²) in [6, 6.07) is 9.38. The third-order valence-corrected chi connectivity index (χ3v) is 10.5. The van der Waals surface area contributed by atoms with Gasteiger partial charge in [-0.05, 0) is 23.7 Å². The Balaban J connectivity index is 2.54. The van der Waals surface area contributed by atoms with Crippen LogP contribution in [0, 0.1) is 0 Å². The van der Waals surface area contributed by atoms with Crippen molar-refractivity contribution in [2.45, 2.75) is 90.1 Å². The van der Waals surface area contributed by atoms with Gasteiger partial charge >= 0.3 is 17.9 Å². The summed E-state index contributed by atoms with van der Waals surface area (Å²) >= 11 is 0. The molecular formula is C24H36O9Si. The fourth-order valence-electron chi connectivity index (χ4n) is 3.29. The summed E-state index contributed by atoms with van der Waals surface area (Å²) in [5.41, 5.74) is 0.861. The summed E-state index contributed by atoms with van der Waals surface area (Å²) in [5.74, 6) is -2.01. The van der Waals surface area contributed by atoms with Gasteiger partial charge in [0.15, 0.2) is 20.5 Å². The highest BCUT2D eigenvalue weighted by molar-refractivity contribution is 6.74. The molecule has 190 valence electrons. The van der Waals surface area contributed by atoms with E-state index in [0.29, 0.717) is 0 Å². The minimum Gasteiger partial charge on any atom is -0.467 e. The second kappa shape index (κ2) is 11.4.